The summed E-state index contributed by atoms with van der Waals surface area (Å²) in [5.74, 6) is 1.80. The number of hydrogen-bond donors (Lipinski definition) is 4. The molecule has 0 spiro atoms. The van der Waals surface area contributed by atoms with Gasteiger partial charge in [0.2, 0.25) is 0 Å². The van der Waals surface area contributed by atoms with Gasteiger partial charge in [-0.25, -0.2) is 15.0 Å². The summed E-state index contributed by atoms with van der Waals surface area (Å²) in [6, 6.07) is 16.5. The third-order valence-electron chi connectivity index (χ3n) is 7.07. The van der Waals surface area contributed by atoms with Crippen LogP contribution in [0.1, 0.15) is 41.0 Å². The van der Waals surface area contributed by atoms with Crippen molar-refractivity contribution in [1.82, 2.24) is 29.7 Å². The molecule has 3 heterocycles. The third kappa shape index (κ3) is 6.88. The standard InChI is InChI=1S/C30H37N9O2/c1-20-9-10-24(33-29(40)22-7-6-8-23(16-22)30(3,4)41)17-25(20)34-28-15-21(2)35-39(28)27-18-26(31-19-32-27)36-38-13-11-37(5)12-14-38/h6-10,15-19,34,41H,11-14H2,1-5H3,(H,33,40)(H,31,32,36). The maximum Gasteiger partial charge on any atom is 0.255 e. The van der Waals surface area contributed by atoms with Gasteiger partial charge in [-0.2, -0.15) is 9.78 Å². The molecule has 0 atom stereocenters. The summed E-state index contributed by atoms with van der Waals surface area (Å²) in [4.78, 5) is 24.2. The fraction of sp³-hybridized carbons (Fsp3) is 0.333. The van der Waals surface area contributed by atoms with Crippen molar-refractivity contribution >= 4 is 28.9 Å². The molecule has 41 heavy (non-hydrogen) atoms. The number of carbonyl (C=O) groups excluding carboxylic acids is 1. The van der Waals surface area contributed by atoms with Gasteiger partial charge in [0, 0.05) is 55.2 Å². The van der Waals surface area contributed by atoms with E-state index in [9.17, 15) is 9.90 Å². The Labute approximate surface area is 240 Å². The molecule has 1 aliphatic heterocycles. The van der Waals surface area contributed by atoms with Crippen LogP contribution in [-0.4, -0.2) is 73.9 Å². The zero-order chi connectivity index (χ0) is 29.1. The van der Waals surface area contributed by atoms with E-state index in [0.717, 1.165) is 48.9 Å². The first-order valence-electron chi connectivity index (χ1n) is 13.7. The van der Waals surface area contributed by atoms with Gasteiger partial charge in [0.1, 0.15) is 18.0 Å². The lowest BCUT2D eigenvalue weighted by Gasteiger charge is -2.32. The van der Waals surface area contributed by atoms with Crippen LogP contribution in [0.15, 0.2) is 60.9 Å². The number of nitrogens with one attached hydrogen (secondary N) is 3. The molecule has 0 bridgehead atoms. The van der Waals surface area contributed by atoms with Crippen LogP contribution >= 0.6 is 0 Å². The number of likely N-dealkylation sites (N-methyl/N-ethyl adjacent to an activating group) is 1. The summed E-state index contributed by atoms with van der Waals surface area (Å²) in [7, 11) is 2.12. The van der Waals surface area contributed by atoms with E-state index in [1.54, 1.807) is 42.8 Å². The van der Waals surface area contributed by atoms with E-state index in [1.165, 1.54) is 6.33 Å². The molecule has 11 nitrogen and oxygen atoms in total. The lowest BCUT2D eigenvalue weighted by molar-refractivity contribution is 0.0785. The van der Waals surface area contributed by atoms with Gasteiger partial charge in [-0.05, 0) is 70.1 Å². The second-order valence-electron chi connectivity index (χ2n) is 11.0. The number of anilines is 4. The monoisotopic (exact) mass is 555 g/mol. The Morgan fingerprint density at radius 2 is 1.76 bits per heavy atom. The molecular formula is C30H37N9O2. The number of rotatable bonds is 8. The molecule has 1 saturated heterocycles. The minimum atomic E-state index is -1.04. The van der Waals surface area contributed by atoms with Crippen molar-refractivity contribution < 1.29 is 9.90 Å². The first kappa shape index (κ1) is 28.2. The molecule has 11 heteroatoms. The van der Waals surface area contributed by atoms with Gasteiger partial charge in [0.15, 0.2) is 5.82 Å². The van der Waals surface area contributed by atoms with Crippen molar-refractivity contribution in [3.05, 3.63) is 83.3 Å². The van der Waals surface area contributed by atoms with Crippen molar-refractivity contribution in [3.63, 3.8) is 0 Å². The van der Waals surface area contributed by atoms with E-state index in [2.05, 4.69) is 48.1 Å². The van der Waals surface area contributed by atoms with E-state index in [0.29, 0.717) is 28.5 Å². The highest BCUT2D eigenvalue weighted by molar-refractivity contribution is 6.04. The fourth-order valence-corrected chi connectivity index (χ4v) is 4.58. The number of aliphatic hydroxyl groups is 1. The van der Waals surface area contributed by atoms with Crippen LogP contribution < -0.4 is 16.1 Å². The van der Waals surface area contributed by atoms with Gasteiger partial charge in [0.25, 0.3) is 5.91 Å². The number of hydrazine groups is 1. The van der Waals surface area contributed by atoms with Crippen molar-refractivity contribution in [1.29, 1.82) is 0 Å². The van der Waals surface area contributed by atoms with Gasteiger partial charge >= 0.3 is 0 Å². The predicted molar refractivity (Wildman–Crippen MR) is 161 cm³/mol. The van der Waals surface area contributed by atoms with Crippen LogP contribution in [0.5, 0.6) is 0 Å². The molecule has 0 radical (unpaired) electrons. The molecule has 0 aliphatic carbocycles. The summed E-state index contributed by atoms with van der Waals surface area (Å²) < 4.78 is 1.75. The molecule has 1 aliphatic rings. The largest absolute Gasteiger partial charge is 0.386 e. The molecule has 5 rings (SSSR count). The number of amides is 1. The van der Waals surface area contributed by atoms with Gasteiger partial charge in [0.05, 0.1) is 11.3 Å². The molecule has 0 unspecified atom stereocenters. The second kappa shape index (κ2) is 11.7. The van der Waals surface area contributed by atoms with Crippen molar-refractivity contribution in [2.75, 3.05) is 49.3 Å². The minimum Gasteiger partial charge on any atom is -0.386 e. The maximum atomic E-state index is 13.0. The summed E-state index contributed by atoms with van der Waals surface area (Å²) in [5, 5.41) is 23.6. The highest BCUT2D eigenvalue weighted by atomic mass is 16.3. The molecule has 4 N–H and O–H groups in total. The summed E-state index contributed by atoms with van der Waals surface area (Å²) >= 11 is 0. The van der Waals surface area contributed by atoms with E-state index in [-0.39, 0.29) is 5.91 Å². The SMILES string of the molecule is Cc1cc(Nc2cc(NC(=O)c3cccc(C(C)(C)O)c3)ccc2C)n(-c2cc(NN3CCN(C)CC3)ncn2)n1. The van der Waals surface area contributed by atoms with E-state index >= 15 is 0 Å². The lowest BCUT2D eigenvalue weighted by Crippen LogP contribution is -2.47. The predicted octanol–water partition coefficient (Wildman–Crippen LogP) is 4.08. The van der Waals surface area contributed by atoms with Gasteiger partial charge < -0.3 is 26.1 Å². The molecule has 2 aromatic carbocycles. The van der Waals surface area contributed by atoms with E-state index in [4.69, 9.17) is 0 Å². The summed E-state index contributed by atoms with van der Waals surface area (Å²) in [6.07, 6.45) is 1.53. The summed E-state index contributed by atoms with van der Waals surface area (Å²) in [5.41, 5.74) is 6.78. The molecule has 2 aromatic heterocycles. The number of hydrogen-bond acceptors (Lipinski definition) is 9. The Morgan fingerprint density at radius 3 is 2.51 bits per heavy atom. The summed E-state index contributed by atoms with van der Waals surface area (Å²) in [6.45, 7) is 11.1. The molecule has 4 aromatic rings. The first-order chi connectivity index (χ1) is 19.5. The van der Waals surface area contributed by atoms with Crippen LogP contribution in [0.2, 0.25) is 0 Å². The number of aryl methyl sites for hydroxylation is 2. The second-order valence-corrected chi connectivity index (χ2v) is 11.0. The number of benzene rings is 2. The smallest absolute Gasteiger partial charge is 0.255 e. The number of aromatic nitrogens is 4. The molecule has 1 amide bonds. The third-order valence-corrected chi connectivity index (χ3v) is 7.07. The molecular weight excluding hydrogens is 518 g/mol. The lowest BCUT2D eigenvalue weighted by atomic mass is 9.96. The fourth-order valence-electron chi connectivity index (χ4n) is 4.58. The Balaban J connectivity index is 1.34. The van der Waals surface area contributed by atoms with Crippen LogP contribution in [0.4, 0.5) is 23.0 Å². The highest BCUT2D eigenvalue weighted by Gasteiger charge is 2.19. The Bertz CT molecular complexity index is 1540. The first-order valence-corrected chi connectivity index (χ1v) is 13.7. The average molecular weight is 556 g/mol. The van der Waals surface area contributed by atoms with Crippen LogP contribution in [-0.2, 0) is 5.60 Å². The van der Waals surface area contributed by atoms with Gasteiger partial charge in [-0.1, -0.05) is 18.2 Å². The van der Waals surface area contributed by atoms with Crippen molar-refractivity contribution in [2.24, 2.45) is 0 Å². The Kier molecular flexibility index (Phi) is 8.02. The molecule has 214 valence electrons. The zero-order valence-electron chi connectivity index (χ0n) is 24.1. The van der Waals surface area contributed by atoms with E-state index < -0.39 is 5.60 Å². The van der Waals surface area contributed by atoms with Crippen LogP contribution in [0.3, 0.4) is 0 Å². The quantitative estimate of drug-likeness (QED) is 0.255. The number of carbonyl (C=O) groups is 1. The number of piperazine rings is 1. The average Bonchev–Trinajstić information content (AvgIpc) is 3.31. The Hall–Kier alpha value is -4.32. The van der Waals surface area contributed by atoms with Crippen molar-refractivity contribution in [2.45, 2.75) is 33.3 Å². The van der Waals surface area contributed by atoms with Crippen molar-refractivity contribution in [3.8, 4) is 5.82 Å². The Morgan fingerprint density at radius 1 is 0.976 bits per heavy atom. The molecule has 0 saturated carbocycles. The molecule has 1 fully saturated rings. The zero-order valence-corrected chi connectivity index (χ0v) is 24.1. The highest BCUT2D eigenvalue weighted by Crippen LogP contribution is 2.27. The minimum absolute atomic E-state index is 0.256. The number of nitrogens with zero attached hydrogens (tertiary/aromatic N) is 6. The van der Waals surface area contributed by atoms with Gasteiger partial charge in [-0.3, -0.25) is 4.79 Å². The normalized spacial score (nSPS) is 14.6. The maximum absolute atomic E-state index is 13.0. The van der Waals surface area contributed by atoms with Gasteiger partial charge in [-0.15, -0.1) is 0 Å². The van der Waals surface area contributed by atoms with Crippen LogP contribution in [0.25, 0.3) is 5.82 Å². The topological polar surface area (TPSA) is 123 Å². The van der Waals surface area contributed by atoms with Crippen LogP contribution in [0, 0.1) is 13.8 Å². The van der Waals surface area contributed by atoms with E-state index in [1.807, 2.05) is 44.2 Å².